The number of nitrogens with zero attached hydrogens (tertiary/aromatic N) is 2. The number of hydrogen-bond acceptors (Lipinski definition) is 4. The minimum Gasteiger partial charge on any atom is -0.371 e. The quantitative estimate of drug-likeness (QED) is 0.740. The van der Waals surface area contributed by atoms with Crippen LogP contribution in [-0.2, 0) is 16.4 Å². The van der Waals surface area contributed by atoms with Gasteiger partial charge < -0.3 is 4.90 Å². The molecule has 0 aliphatic carbocycles. The van der Waals surface area contributed by atoms with Gasteiger partial charge in [-0.1, -0.05) is 29.8 Å². The average Bonchev–Trinajstić information content (AvgIpc) is 3.16. The van der Waals surface area contributed by atoms with Gasteiger partial charge in [0.2, 0.25) is 10.0 Å². The summed E-state index contributed by atoms with van der Waals surface area (Å²) in [7, 11) is -3.50. The molecule has 4 aliphatic rings. The minimum atomic E-state index is -3.50. The lowest BCUT2D eigenvalue weighted by molar-refractivity contribution is 0.00670. The second-order valence-electron chi connectivity index (χ2n) is 8.82. The number of benzene rings is 2. The third-order valence-electron chi connectivity index (χ3n) is 7.09. The second-order valence-corrected chi connectivity index (χ2v) is 11.0. The van der Waals surface area contributed by atoms with Crippen molar-refractivity contribution in [2.75, 3.05) is 37.6 Å². The van der Waals surface area contributed by atoms with Crippen LogP contribution in [0.25, 0.3) is 0 Å². The number of para-hydroxylation sites is 1. The zero-order chi connectivity index (χ0) is 20.7. The Kier molecular flexibility index (Phi) is 5.52. The van der Waals surface area contributed by atoms with Crippen LogP contribution in [0.4, 0.5) is 5.69 Å². The molecular weight excluding hydrogens is 418 g/mol. The molecule has 4 atom stereocenters. The van der Waals surface area contributed by atoms with Crippen LogP contribution in [0.2, 0.25) is 5.02 Å². The first-order valence-electron chi connectivity index (χ1n) is 10.8. The molecule has 3 saturated heterocycles. The summed E-state index contributed by atoms with van der Waals surface area (Å²) in [5.74, 6) is 1.34. The largest absolute Gasteiger partial charge is 0.371 e. The van der Waals surface area contributed by atoms with Gasteiger partial charge in [-0.2, -0.15) is 0 Å². The Morgan fingerprint density at radius 2 is 1.87 bits per heavy atom. The highest BCUT2D eigenvalue weighted by molar-refractivity contribution is 7.89. The van der Waals surface area contributed by atoms with E-state index in [0.717, 1.165) is 39.0 Å². The van der Waals surface area contributed by atoms with E-state index in [4.69, 9.17) is 11.6 Å². The summed E-state index contributed by atoms with van der Waals surface area (Å²) in [5.41, 5.74) is 2.87. The van der Waals surface area contributed by atoms with Crippen LogP contribution in [0.1, 0.15) is 18.4 Å². The van der Waals surface area contributed by atoms with Gasteiger partial charge in [0.05, 0.1) is 4.90 Å². The van der Waals surface area contributed by atoms with E-state index in [0.29, 0.717) is 23.4 Å². The molecule has 4 aliphatic heterocycles. The summed E-state index contributed by atoms with van der Waals surface area (Å²) in [5, 5.41) is 0.538. The van der Waals surface area contributed by atoms with Crippen LogP contribution in [0.15, 0.2) is 53.4 Å². The first-order valence-corrected chi connectivity index (χ1v) is 12.7. The van der Waals surface area contributed by atoms with Gasteiger partial charge in [0.15, 0.2) is 0 Å². The van der Waals surface area contributed by atoms with E-state index in [1.165, 1.54) is 17.7 Å². The van der Waals surface area contributed by atoms with Gasteiger partial charge in [-0.3, -0.25) is 4.90 Å². The molecule has 2 bridgehead atoms. The van der Waals surface area contributed by atoms with Crippen molar-refractivity contribution in [1.82, 2.24) is 9.62 Å². The summed E-state index contributed by atoms with van der Waals surface area (Å²) >= 11 is 5.88. The molecule has 0 saturated carbocycles. The molecule has 5 nitrogen and oxygen atoms in total. The molecule has 4 heterocycles. The van der Waals surface area contributed by atoms with Gasteiger partial charge in [-0.05, 0) is 73.5 Å². The number of fused-ring (bicyclic) bond motifs is 4. The fourth-order valence-electron chi connectivity index (χ4n) is 5.45. The van der Waals surface area contributed by atoms with E-state index >= 15 is 0 Å². The highest BCUT2D eigenvalue weighted by atomic mass is 35.5. The van der Waals surface area contributed by atoms with Crippen molar-refractivity contribution in [1.29, 1.82) is 0 Å². The molecule has 3 fully saturated rings. The number of halogens is 1. The van der Waals surface area contributed by atoms with Crippen LogP contribution in [-0.4, -0.2) is 52.1 Å². The van der Waals surface area contributed by atoms with Crippen LogP contribution >= 0.6 is 11.6 Å². The van der Waals surface area contributed by atoms with Crippen LogP contribution in [0.5, 0.6) is 0 Å². The van der Waals surface area contributed by atoms with Crippen LogP contribution in [0.3, 0.4) is 0 Å². The maximum atomic E-state index is 12.6. The van der Waals surface area contributed by atoms with Crippen LogP contribution in [0, 0.1) is 11.8 Å². The molecule has 1 N–H and O–H groups in total. The van der Waals surface area contributed by atoms with Crippen molar-refractivity contribution in [2.45, 2.75) is 30.2 Å². The Balaban J connectivity index is 1.19. The minimum absolute atomic E-state index is 0.272. The maximum absolute atomic E-state index is 12.6. The molecule has 0 amide bonds. The van der Waals surface area contributed by atoms with E-state index in [2.05, 4.69) is 38.8 Å². The molecule has 2 aromatic carbocycles. The topological polar surface area (TPSA) is 52.7 Å². The third kappa shape index (κ3) is 3.98. The molecule has 4 unspecified atom stereocenters. The highest BCUT2D eigenvalue weighted by Gasteiger charge is 2.41. The van der Waals surface area contributed by atoms with Gasteiger partial charge in [-0.25, -0.2) is 13.1 Å². The van der Waals surface area contributed by atoms with E-state index in [9.17, 15) is 8.42 Å². The zero-order valence-corrected chi connectivity index (χ0v) is 18.6. The van der Waals surface area contributed by atoms with E-state index < -0.39 is 10.0 Å². The Labute approximate surface area is 184 Å². The van der Waals surface area contributed by atoms with Crippen molar-refractivity contribution in [3.63, 3.8) is 0 Å². The monoisotopic (exact) mass is 445 g/mol. The molecular formula is C23H28ClN3O2S. The number of hydrogen-bond donors (Lipinski definition) is 1. The lowest BCUT2D eigenvalue weighted by Crippen LogP contribution is -2.58. The fraction of sp³-hybridized carbons (Fsp3) is 0.478. The van der Waals surface area contributed by atoms with Crippen LogP contribution < -0.4 is 9.62 Å². The van der Waals surface area contributed by atoms with Gasteiger partial charge in [0, 0.05) is 42.9 Å². The van der Waals surface area contributed by atoms with Crippen molar-refractivity contribution in [3.05, 3.63) is 59.1 Å². The lowest BCUT2D eigenvalue weighted by Gasteiger charge is -2.50. The molecule has 160 valence electrons. The standard InChI is InChI=1S/C23H28ClN3O2S/c24-20-5-7-22(8-6-20)30(28,29)25-14-21-13-18-10-11-26(21)15-19(18)16-27-12-9-17-3-1-2-4-23(17)27/h1-8,18-19,21,25H,9-16H2. The number of anilines is 1. The lowest BCUT2D eigenvalue weighted by atomic mass is 9.75. The number of sulfonamides is 1. The molecule has 30 heavy (non-hydrogen) atoms. The Bertz CT molecular complexity index is 1010. The van der Waals surface area contributed by atoms with E-state index in [-0.39, 0.29) is 10.9 Å². The fourth-order valence-corrected chi connectivity index (χ4v) is 6.65. The summed E-state index contributed by atoms with van der Waals surface area (Å²) in [6.45, 7) is 4.84. The highest BCUT2D eigenvalue weighted by Crippen LogP contribution is 2.38. The number of nitrogens with one attached hydrogen (secondary N) is 1. The van der Waals surface area contributed by atoms with Crippen molar-refractivity contribution in [3.8, 4) is 0 Å². The predicted molar refractivity (Wildman–Crippen MR) is 121 cm³/mol. The predicted octanol–water partition coefficient (Wildman–Crippen LogP) is 3.39. The summed E-state index contributed by atoms with van der Waals surface area (Å²) < 4.78 is 28.1. The van der Waals surface area contributed by atoms with Crippen molar-refractivity contribution < 1.29 is 8.42 Å². The molecule has 2 aromatic rings. The van der Waals surface area contributed by atoms with Gasteiger partial charge in [-0.15, -0.1) is 0 Å². The molecule has 7 heteroatoms. The van der Waals surface area contributed by atoms with Crippen molar-refractivity contribution in [2.24, 2.45) is 11.8 Å². The normalized spacial score (nSPS) is 28.0. The Hall–Kier alpha value is -1.60. The molecule has 0 spiro atoms. The van der Waals surface area contributed by atoms with Gasteiger partial charge in [0.1, 0.15) is 0 Å². The number of piperidine rings is 3. The zero-order valence-electron chi connectivity index (χ0n) is 17.0. The molecule has 6 rings (SSSR count). The summed E-state index contributed by atoms with van der Waals surface area (Å²) in [6.07, 6.45) is 3.44. The molecule has 0 radical (unpaired) electrons. The SMILES string of the molecule is O=S(=O)(NCC1CC2CCN1CC2CN1CCc2ccccc21)c1ccc(Cl)cc1. The Morgan fingerprint density at radius 3 is 2.63 bits per heavy atom. The second kappa shape index (κ2) is 8.15. The Morgan fingerprint density at radius 1 is 1.07 bits per heavy atom. The third-order valence-corrected chi connectivity index (χ3v) is 8.78. The first kappa shape index (κ1) is 20.3. The average molecular weight is 446 g/mol. The first-order chi connectivity index (χ1) is 14.5. The number of rotatable bonds is 6. The van der Waals surface area contributed by atoms with Crippen molar-refractivity contribution >= 4 is 27.3 Å². The van der Waals surface area contributed by atoms with Gasteiger partial charge >= 0.3 is 0 Å². The van der Waals surface area contributed by atoms with E-state index in [1.54, 1.807) is 24.3 Å². The van der Waals surface area contributed by atoms with Gasteiger partial charge in [0.25, 0.3) is 0 Å². The smallest absolute Gasteiger partial charge is 0.240 e. The summed E-state index contributed by atoms with van der Waals surface area (Å²) in [6, 6.07) is 15.4. The van der Waals surface area contributed by atoms with E-state index in [1.807, 2.05) is 0 Å². The maximum Gasteiger partial charge on any atom is 0.240 e. The summed E-state index contributed by atoms with van der Waals surface area (Å²) in [4.78, 5) is 5.32. The molecule has 0 aromatic heterocycles.